The molecule has 3 rings (SSSR count). The molecule has 2 N–H and O–H groups in total. The van der Waals surface area contributed by atoms with E-state index in [-0.39, 0.29) is 17.6 Å². The lowest BCUT2D eigenvalue weighted by Gasteiger charge is -2.05. The molecule has 0 aliphatic carbocycles. The van der Waals surface area contributed by atoms with Gasteiger partial charge in [-0.3, -0.25) is 14.9 Å². The number of thioether (sulfide) groups is 1. The first-order valence-electron chi connectivity index (χ1n) is 7.91. The Bertz CT molecular complexity index is 1040. The van der Waals surface area contributed by atoms with E-state index in [9.17, 15) is 9.59 Å². The number of halogens is 2. The molecule has 1 aromatic carbocycles. The Kier molecular flexibility index (Phi) is 6.61. The van der Waals surface area contributed by atoms with Crippen LogP contribution in [-0.2, 0) is 4.79 Å². The predicted octanol–water partition coefficient (Wildman–Crippen LogP) is 5.04. The third-order valence-corrected chi connectivity index (χ3v) is 6.15. The monoisotopic (exact) mass is 456 g/mol. The zero-order valence-corrected chi connectivity index (χ0v) is 17.9. The molecule has 28 heavy (non-hydrogen) atoms. The van der Waals surface area contributed by atoms with E-state index < -0.39 is 0 Å². The first-order valence-corrected chi connectivity index (χ1v) is 10.5. The summed E-state index contributed by atoms with van der Waals surface area (Å²) in [4.78, 5) is 24.3. The number of furan rings is 1. The molecule has 146 valence electrons. The van der Waals surface area contributed by atoms with Crippen molar-refractivity contribution in [2.45, 2.75) is 18.2 Å². The third-order valence-electron chi connectivity index (χ3n) is 3.44. The van der Waals surface area contributed by atoms with Crippen LogP contribution in [0.3, 0.4) is 0 Å². The molecule has 0 fully saturated rings. The van der Waals surface area contributed by atoms with E-state index in [0.29, 0.717) is 42.3 Å². The van der Waals surface area contributed by atoms with Gasteiger partial charge in [-0.05, 0) is 38.1 Å². The Hall–Kier alpha value is -2.07. The number of nitrogens with zero attached hydrogens (tertiary/aromatic N) is 2. The second-order valence-corrected chi connectivity index (χ2v) is 8.63. The molecule has 0 saturated heterocycles. The quantitative estimate of drug-likeness (QED) is 0.398. The largest absolute Gasteiger partial charge is 0.466 e. The number of nitrogens with one attached hydrogen (secondary N) is 2. The average molecular weight is 457 g/mol. The highest BCUT2D eigenvalue weighted by atomic mass is 35.5. The number of hydrogen-bond acceptors (Lipinski definition) is 7. The van der Waals surface area contributed by atoms with Gasteiger partial charge >= 0.3 is 0 Å². The van der Waals surface area contributed by atoms with Crippen molar-refractivity contribution >= 4 is 68.9 Å². The van der Waals surface area contributed by atoms with Crippen molar-refractivity contribution in [2.24, 2.45) is 0 Å². The van der Waals surface area contributed by atoms with Crippen LogP contribution in [0, 0.1) is 13.8 Å². The molecule has 0 aliphatic heterocycles. The maximum atomic E-state index is 12.3. The first-order chi connectivity index (χ1) is 13.3. The average Bonchev–Trinajstić information content (AvgIpc) is 3.22. The lowest BCUT2D eigenvalue weighted by atomic mass is 10.2. The van der Waals surface area contributed by atoms with E-state index in [1.807, 2.05) is 0 Å². The Labute approximate surface area is 178 Å². The number of rotatable bonds is 6. The van der Waals surface area contributed by atoms with Crippen molar-refractivity contribution in [2.75, 3.05) is 16.4 Å². The molecule has 11 heteroatoms. The van der Waals surface area contributed by atoms with E-state index in [1.54, 1.807) is 38.1 Å². The fourth-order valence-corrected chi connectivity index (χ4v) is 4.08. The number of aromatic nitrogens is 2. The molecule has 0 unspecified atom stereocenters. The van der Waals surface area contributed by atoms with Gasteiger partial charge in [-0.15, -0.1) is 10.2 Å². The van der Waals surface area contributed by atoms with Gasteiger partial charge in [0.15, 0.2) is 4.34 Å². The van der Waals surface area contributed by atoms with Crippen molar-refractivity contribution in [3.63, 3.8) is 0 Å². The molecule has 0 bridgehead atoms. The standard InChI is InChI=1S/C17H14Cl2N4O3S2/c1-8-5-11(9(2)26-8)15(25)21-16-22-23-17(28-16)27-7-14(24)20-10-3-4-12(18)13(19)6-10/h3-6H,7H2,1-2H3,(H,20,24)(H,21,22,25). The summed E-state index contributed by atoms with van der Waals surface area (Å²) >= 11 is 14.2. The van der Waals surface area contributed by atoms with Crippen LogP contribution in [0.4, 0.5) is 10.8 Å². The summed E-state index contributed by atoms with van der Waals surface area (Å²) in [5, 5.41) is 14.4. The summed E-state index contributed by atoms with van der Waals surface area (Å²) < 4.78 is 5.90. The van der Waals surface area contributed by atoms with Crippen molar-refractivity contribution in [1.82, 2.24) is 10.2 Å². The van der Waals surface area contributed by atoms with E-state index in [2.05, 4.69) is 20.8 Å². The van der Waals surface area contributed by atoms with Gasteiger partial charge in [-0.2, -0.15) is 0 Å². The van der Waals surface area contributed by atoms with Gasteiger partial charge in [0.25, 0.3) is 5.91 Å². The van der Waals surface area contributed by atoms with E-state index in [4.69, 9.17) is 27.6 Å². The molecule has 2 heterocycles. The van der Waals surface area contributed by atoms with Crippen LogP contribution >= 0.6 is 46.3 Å². The molecular formula is C17H14Cl2N4O3S2. The Morgan fingerprint density at radius 1 is 1.14 bits per heavy atom. The summed E-state index contributed by atoms with van der Waals surface area (Å²) in [5.41, 5.74) is 0.999. The van der Waals surface area contributed by atoms with E-state index in [0.717, 1.165) is 0 Å². The smallest absolute Gasteiger partial charge is 0.261 e. The molecule has 0 aliphatic rings. The number of hydrogen-bond donors (Lipinski definition) is 2. The normalized spacial score (nSPS) is 10.7. The molecular weight excluding hydrogens is 443 g/mol. The van der Waals surface area contributed by atoms with Crippen molar-refractivity contribution < 1.29 is 14.0 Å². The topological polar surface area (TPSA) is 97.1 Å². The third kappa shape index (κ3) is 5.26. The Balaban J connectivity index is 1.52. The van der Waals surface area contributed by atoms with Crippen LogP contribution in [0.1, 0.15) is 21.9 Å². The number of carbonyl (C=O) groups excluding carboxylic acids is 2. The summed E-state index contributed by atoms with van der Waals surface area (Å²) in [5.74, 6) is 0.772. The summed E-state index contributed by atoms with van der Waals surface area (Å²) in [6.07, 6.45) is 0. The van der Waals surface area contributed by atoms with Gasteiger partial charge in [0.2, 0.25) is 11.0 Å². The maximum Gasteiger partial charge on any atom is 0.261 e. The van der Waals surface area contributed by atoms with Gasteiger partial charge in [-0.1, -0.05) is 46.3 Å². The minimum Gasteiger partial charge on any atom is -0.466 e. The fraction of sp³-hybridized carbons (Fsp3) is 0.176. The zero-order chi connectivity index (χ0) is 20.3. The van der Waals surface area contributed by atoms with Crippen molar-refractivity contribution in [1.29, 1.82) is 0 Å². The minimum absolute atomic E-state index is 0.128. The van der Waals surface area contributed by atoms with Gasteiger partial charge in [0.1, 0.15) is 11.5 Å². The highest BCUT2D eigenvalue weighted by Gasteiger charge is 2.16. The second kappa shape index (κ2) is 8.95. The van der Waals surface area contributed by atoms with Gasteiger partial charge in [0, 0.05) is 5.69 Å². The predicted molar refractivity (Wildman–Crippen MR) is 112 cm³/mol. The number of benzene rings is 1. The number of carbonyl (C=O) groups is 2. The molecule has 2 amide bonds. The van der Waals surface area contributed by atoms with Gasteiger partial charge in [0.05, 0.1) is 21.4 Å². The van der Waals surface area contributed by atoms with Crippen LogP contribution in [-0.4, -0.2) is 27.8 Å². The molecule has 0 atom stereocenters. The molecule has 0 saturated carbocycles. The highest BCUT2D eigenvalue weighted by molar-refractivity contribution is 8.01. The van der Waals surface area contributed by atoms with Crippen molar-refractivity contribution in [3.05, 3.63) is 51.4 Å². The van der Waals surface area contributed by atoms with Crippen LogP contribution in [0.5, 0.6) is 0 Å². The number of amides is 2. The molecule has 2 aromatic heterocycles. The summed E-state index contributed by atoms with van der Waals surface area (Å²) in [6.45, 7) is 3.49. The zero-order valence-electron chi connectivity index (χ0n) is 14.7. The summed E-state index contributed by atoms with van der Waals surface area (Å²) in [7, 11) is 0. The van der Waals surface area contributed by atoms with E-state index in [1.165, 1.54) is 23.1 Å². The Morgan fingerprint density at radius 3 is 2.61 bits per heavy atom. The molecule has 7 nitrogen and oxygen atoms in total. The Morgan fingerprint density at radius 2 is 1.93 bits per heavy atom. The first kappa shape index (κ1) is 20.7. The van der Waals surface area contributed by atoms with Crippen LogP contribution in [0.15, 0.2) is 33.0 Å². The molecule has 0 radical (unpaired) electrons. The fourth-order valence-electron chi connectivity index (χ4n) is 2.24. The number of aryl methyl sites for hydroxylation is 2. The molecule has 3 aromatic rings. The van der Waals surface area contributed by atoms with Gasteiger partial charge < -0.3 is 9.73 Å². The van der Waals surface area contributed by atoms with Crippen molar-refractivity contribution in [3.8, 4) is 0 Å². The number of anilines is 2. The van der Waals surface area contributed by atoms with Crippen LogP contribution < -0.4 is 10.6 Å². The summed E-state index contributed by atoms with van der Waals surface area (Å²) in [6, 6.07) is 6.50. The van der Waals surface area contributed by atoms with Gasteiger partial charge in [-0.25, -0.2) is 0 Å². The minimum atomic E-state index is -0.320. The molecule has 0 spiro atoms. The highest BCUT2D eigenvalue weighted by Crippen LogP contribution is 2.28. The van der Waals surface area contributed by atoms with Crippen LogP contribution in [0.2, 0.25) is 10.0 Å². The van der Waals surface area contributed by atoms with E-state index >= 15 is 0 Å². The van der Waals surface area contributed by atoms with Crippen LogP contribution in [0.25, 0.3) is 0 Å². The lowest BCUT2D eigenvalue weighted by Crippen LogP contribution is -2.13. The second-order valence-electron chi connectivity index (χ2n) is 5.62. The maximum absolute atomic E-state index is 12.3. The SMILES string of the molecule is Cc1cc(C(=O)Nc2nnc(SCC(=O)Nc3ccc(Cl)c(Cl)c3)s2)c(C)o1. The lowest BCUT2D eigenvalue weighted by molar-refractivity contribution is -0.113.